The molecule has 0 bridgehead atoms. The van der Waals surface area contributed by atoms with Crippen LogP contribution < -0.4 is 0 Å². The molecule has 0 saturated carbocycles. The Morgan fingerprint density at radius 3 is 2.17 bits per heavy atom. The van der Waals surface area contributed by atoms with Crippen molar-refractivity contribution in [2.75, 3.05) is 0 Å². The lowest BCUT2D eigenvalue weighted by atomic mass is 9.95. The van der Waals surface area contributed by atoms with Gasteiger partial charge in [-0.15, -0.1) is 0 Å². The van der Waals surface area contributed by atoms with E-state index in [9.17, 15) is 9.59 Å². The highest BCUT2D eigenvalue weighted by atomic mass is 35.5. The molecule has 30 heavy (non-hydrogen) atoms. The molecule has 0 N–H and O–H groups in total. The quantitative estimate of drug-likeness (QED) is 0.363. The SMILES string of the molecule is Cc1nn(-c2ccccc2)c(Cl)c1C=NN1C(=O)c2cccc3cccc(c23)C1=O. The maximum atomic E-state index is 13.0. The third-order valence-electron chi connectivity index (χ3n) is 5.10. The molecule has 0 unspecified atom stereocenters. The number of halogens is 1. The summed E-state index contributed by atoms with van der Waals surface area (Å²) in [6.07, 6.45) is 1.41. The number of benzene rings is 3. The molecule has 4 aromatic rings. The first-order chi connectivity index (χ1) is 14.6. The molecule has 3 aromatic carbocycles. The minimum atomic E-state index is -0.468. The number of aryl methyl sites for hydroxylation is 1. The first-order valence-corrected chi connectivity index (χ1v) is 9.69. The molecule has 0 saturated heterocycles. The van der Waals surface area contributed by atoms with Gasteiger partial charge in [-0.3, -0.25) is 9.59 Å². The number of hydrogen-bond donors (Lipinski definition) is 0. The predicted octanol–water partition coefficient (Wildman–Crippen LogP) is 4.62. The second-order valence-electron chi connectivity index (χ2n) is 6.91. The van der Waals surface area contributed by atoms with Crippen molar-refractivity contribution < 1.29 is 9.59 Å². The van der Waals surface area contributed by atoms with Gasteiger partial charge in [0.2, 0.25) is 0 Å². The maximum absolute atomic E-state index is 13.0. The van der Waals surface area contributed by atoms with Crippen molar-refractivity contribution >= 4 is 40.4 Å². The average molecular weight is 415 g/mol. The summed E-state index contributed by atoms with van der Waals surface area (Å²) in [6, 6.07) is 20.2. The number of carbonyl (C=O) groups is 2. The topological polar surface area (TPSA) is 67.6 Å². The Hall–Kier alpha value is -3.77. The van der Waals surface area contributed by atoms with E-state index in [0.29, 0.717) is 32.9 Å². The van der Waals surface area contributed by atoms with Gasteiger partial charge in [0.25, 0.3) is 11.8 Å². The van der Waals surface area contributed by atoms with E-state index in [1.165, 1.54) is 6.21 Å². The summed E-state index contributed by atoms with van der Waals surface area (Å²) < 4.78 is 1.59. The van der Waals surface area contributed by atoms with Crippen molar-refractivity contribution in [1.29, 1.82) is 0 Å². The zero-order chi connectivity index (χ0) is 20.8. The van der Waals surface area contributed by atoms with E-state index in [-0.39, 0.29) is 0 Å². The van der Waals surface area contributed by atoms with E-state index in [2.05, 4.69) is 10.2 Å². The molecule has 2 heterocycles. The smallest absolute Gasteiger partial charge is 0.267 e. The molecule has 1 aromatic heterocycles. The number of amides is 2. The minimum Gasteiger partial charge on any atom is -0.267 e. The van der Waals surface area contributed by atoms with Gasteiger partial charge in [-0.1, -0.05) is 54.1 Å². The molecule has 0 atom stereocenters. The summed E-state index contributed by atoms with van der Waals surface area (Å²) in [5.74, 6) is -0.936. The first-order valence-electron chi connectivity index (χ1n) is 9.31. The minimum absolute atomic E-state index is 0.349. The fourth-order valence-corrected chi connectivity index (χ4v) is 3.96. The van der Waals surface area contributed by atoms with Gasteiger partial charge in [-0.25, -0.2) is 4.68 Å². The summed E-state index contributed by atoms with van der Waals surface area (Å²) in [6.45, 7) is 1.79. The zero-order valence-electron chi connectivity index (χ0n) is 15.9. The number of carbonyl (C=O) groups excluding carboxylic acids is 2. The van der Waals surface area contributed by atoms with Gasteiger partial charge in [0, 0.05) is 5.39 Å². The van der Waals surface area contributed by atoms with Crippen LogP contribution in [0.5, 0.6) is 0 Å². The van der Waals surface area contributed by atoms with Crippen molar-refractivity contribution in [3.63, 3.8) is 0 Å². The molecular weight excluding hydrogens is 400 g/mol. The molecule has 1 aliphatic heterocycles. The van der Waals surface area contributed by atoms with Crippen molar-refractivity contribution in [2.45, 2.75) is 6.92 Å². The normalized spacial score (nSPS) is 13.6. The molecule has 0 radical (unpaired) electrons. The van der Waals surface area contributed by atoms with E-state index in [4.69, 9.17) is 11.6 Å². The van der Waals surface area contributed by atoms with Crippen LogP contribution >= 0.6 is 11.6 Å². The van der Waals surface area contributed by atoms with E-state index in [0.717, 1.165) is 16.1 Å². The Balaban J connectivity index is 1.55. The van der Waals surface area contributed by atoms with Gasteiger partial charge in [0.05, 0.1) is 34.3 Å². The van der Waals surface area contributed by atoms with Gasteiger partial charge in [0.15, 0.2) is 0 Å². The number of aromatic nitrogens is 2. The lowest BCUT2D eigenvalue weighted by Crippen LogP contribution is -2.36. The van der Waals surface area contributed by atoms with Crippen LogP contribution in [0, 0.1) is 6.92 Å². The van der Waals surface area contributed by atoms with Crippen LogP contribution in [-0.4, -0.2) is 32.8 Å². The van der Waals surface area contributed by atoms with E-state index in [1.54, 1.807) is 35.9 Å². The second kappa shape index (κ2) is 6.93. The second-order valence-corrected chi connectivity index (χ2v) is 7.27. The third kappa shape index (κ3) is 2.73. The molecule has 2 amide bonds. The molecule has 0 aliphatic carbocycles. The van der Waals surface area contributed by atoms with E-state index < -0.39 is 11.8 Å². The van der Waals surface area contributed by atoms with Crippen LogP contribution in [0.3, 0.4) is 0 Å². The Labute approximate surface area is 177 Å². The number of hydrazone groups is 1. The summed E-state index contributed by atoms with van der Waals surface area (Å²) in [5, 5.41) is 11.4. The maximum Gasteiger partial charge on any atom is 0.282 e. The van der Waals surface area contributed by atoms with Crippen molar-refractivity contribution in [2.24, 2.45) is 5.10 Å². The fraction of sp³-hybridized carbons (Fsp3) is 0.0435. The number of rotatable bonds is 3. The summed E-state index contributed by atoms with van der Waals surface area (Å²) in [5.41, 5.74) is 2.87. The van der Waals surface area contributed by atoms with Gasteiger partial charge in [-0.2, -0.15) is 15.2 Å². The number of hydrogen-bond acceptors (Lipinski definition) is 4. The number of imide groups is 1. The highest BCUT2D eigenvalue weighted by Gasteiger charge is 2.32. The van der Waals surface area contributed by atoms with Crippen molar-refractivity contribution in [3.8, 4) is 5.69 Å². The van der Waals surface area contributed by atoms with Crippen LogP contribution in [0.15, 0.2) is 71.8 Å². The molecule has 7 heteroatoms. The lowest BCUT2D eigenvalue weighted by molar-refractivity contribution is 0.0616. The van der Waals surface area contributed by atoms with Gasteiger partial charge < -0.3 is 0 Å². The average Bonchev–Trinajstić information content (AvgIpc) is 3.06. The highest BCUT2D eigenvalue weighted by Crippen LogP contribution is 2.30. The Morgan fingerprint density at radius 1 is 0.900 bits per heavy atom. The molecule has 146 valence electrons. The first kappa shape index (κ1) is 18.3. The van der Waals surface area contributed by atoms with Crippen molar-refractivity contribution in [3.05, 3.63) is 94.3 Å². The fourth-order valence-electron chi connectivity index (χ4n) is 3.64. The monoisotopic (exact) mass is 414 g/mol. The molecule has 0 fully saturated rings. The molecular formula is C23H15ClN4O2. The molecule has 0 spiro atoms. The van der Waals surface area contributed by atoms with Crippen molar-refractivity contribution in [1.82, 2.24) is 14.8 Å². The summed E-state index contributed by atoms with van der Waals surface area (Å²) in [7, 11) is 0. The highest BCUT2D eigenvalue weighted by molar-refractivity contribution is 6.32. The lowest BCUT2D eigenvalue weighted by Gasteiger charge is -2.22. The largest absolute Gasteiger partial charge is 0.282 e. The van der Waals surface area contributed by atoms with Gasteiger partial charge in [0.1, 0.15) is 5.15 Å². The van der Waals surface area contributed by atoms with Gasteiger partial charge >= 0.3 is 0 Å². The molecule has 6 nitrogen and oxygen atoms in total. The number of nitrogens with zero attached hydrogens (tertiary/aromatic N) is 4. The Kier molecular flexibility index (Phi) is 4.22. The van der Waals surface area contributed by atoms with Crippen LogP contribution in [0.4, 0.5) is 0 Å². The van der Waals surface area contributed by atoms with Gasteiger partial charge in [-0.05, 0) is 36.6 Å². The van der Waals surface area contributed by atoms with Crippen LogP contribution in [-0.2, 0) is 0 Å². The van der Waals surface area contributed by atoms with Crippen LogP contribution in [0.25, 0.3) is 16.5 Å². The predicted molar refractivity (Wildman–Crippen MR) is 115 cm³/mol. The Morgan fingerprint density at radius 2 is 1.53 bits per heavy atom. The number of para-hydroxylation sites is 1. The van der Waals surface area contributed by atoms with Crippen LogP contribution in [0.1, 0.15) is 32.0 Å². The van der Waals surface area contributed by atoms with Crippen LogP contribution in [0.2, 0.25) is 5.15 Å². The standard InChI is InChI=1S/C23H15ClN4O2/c1-14-19(21(24)27(26-14)16-9-3-2-4-10-16)13-25-28-22(29)17-11-5-7-15-8-6-12-18(20(15)17)23(28)30/h2-13H,1H3. The third-order valence-corrected chi connectivity index (χ3v) is 5.47. The zero-order valence-corrected chi connectivity index (χ0v) is 16.7. The summed E-state index contributed by atoms with van der Waals surface area (Å²) in [4.78, 5) is 25.9. The van der Waals surface area contributed by atoms with E-state index >= 15 is 0 Å². The molecule has 5 rings (SSSR count). The van der Waals surface area contributed by atoms with E-state index in [1.807, 2.05) is 42.5 Å². The molecule has 1 aliphatic rings. The summed E-state index contributed by atoms with van der Waals surface area (Å²) >= 11 is 6.52. The Bertz CT molecular complexity index is 1310.